The van der Waals surface area contributed by atoms with E-state index in [1.165, 1.54) is 22.3 Å². The highest BCUT2D eigenvalue weighted by molar-refractivity contribution is 5.40. The predicted molar refractivity (Wildman–Crippen MR) is 84.8 cm³/mol. The van der Waals surface area contributed by atoms with Gasteiger partial charge in [-0.15, -0.1) is 0 Å². The number of rotatable bonds is 3. The van der Waals surface area contributed by atoms with Crippen molar-refractivity contribution in [2.24, 2.45) is 0 Å². The lowest BCUT2D eigenvalue weighted by molar-refractivity contribution is 0.178. The number of hydrogen-bond acceptors (Lipinski definition) is 2. The van der Waals surface area contributed by atoms with Gasteiger partial charge >= 0.3 is 0 Å². The Bertz CT molecular complexity index is 646. The Labute approximate surface area is 126 Å². The van der Waals surface area contributed by atoms with E-state index in [-0.39, 0.29) is 0 Å². The van der Waals surface area contributed by atoms with Crippen molar-refractivity contribution >= 4 is 0 Å². The van der Waals surface area contributed by atoms with Gasteiger partial charge in [-0.25, -0.2) is 0 Å². The van der Waals surface area contributed by atoms with E-state index in [4.69, 9.17) is 4.74 Å². The first-order chi connectivity index (χ1) is 10.1. The van der Waals surface area contributed by atoms with Crippen molar-refractivity contribution < 1.29 is 9.84 Å². The van der Waals surface area contributed by atoms with Gasteiger partial charge in [-0.3, -0.25) is 0 Å². The Balaban J connectivity index is 1.78. The largest absolute Gasteiger partial charge is 0.493 e. The van der Waals surface area contributed by atoms with Gasteiger partial charge < -0.3 is 9.84 Å². The maximum absolute atomic E-state index is 10.5. The van der Waals surface area contributed by atoms with Gasteiger partial charge in [-0.1, -0.05) is 24.3 Å². The molecule has 0 saturated carbocycles. The van der Waals surface area contributed by atoms with Crippen molar-refractivity contribution in [2.45, 2.75) is 39.2 Å². The highest BCUT2D eigenvalue weighted by atomic mass is 16.5. The SMILES string of the molecule is Cc1ccc(CC(O)c2ccc3c(c2)CCCO3)cc1C. The number of aryl methyl sites for hydroxylation is 3. The van der Waals surface area contributed by atoms with Crippen LogP contribution < -0.4 is 4.74 Å². The minimum atomic E-state index is -0.459. The minimum Gasteiger partial charge on any atom is -0.493 e. The molecule has 21 heavy (non-hydrogen) atoms. The average molecular weight is 282 g/mol. The van der Waals surface area contributed by atoms with E-state index in [2.05, 4.69) is 38.1 Å². The van der Waals surface area contributed by atoms with Crippen LogP contribution in [0.2, 0.25) is 0 Å². The lowest BCUT2D eigenvalue weighted by atomic mass is 9.96. The molecule has 2 nitrogen and oxygen atoms in total. The molecule has 0 aromatic heterocycles. The molecule has 0 saturated heterocycles. The third kappa shape index (κ3) is 3.11. The summed E-state index contributed by atoms with van der Waals surface area (Å²) >= 11 is 0. The molecule has 0 bridgehead atoms. The van der Waals surface area contributed by atoms with E-state index in [0.29, 0.717) is 6.42 Å². The van der Waals surface area contributed by atoms with Crippen molar-refractivity contribution in [3.8, 4) is 5.75 Å². The van der Waals surface area contributed by atoms with Gasteiger partial charge in [0.2, 0.25) is 0 Å². The van der Waals surface area contributed by atoms with E-state index in [9.17, 15) is 5.11 Å². The summed E-state index contributed by atoms with van der Waals surface area (Å²) < 4.78 is 5.62. The normalized spacial score (nSPS) is 15.2. The topological polar surface area (TPSA) is 29.5 Å². The van der Waals surface area contributed by atoms with Gasteiger partial charge in [0.25, 0.3) is 0 Å². The van der Waals surface area contributed by atoms with Gasteiger partial charge in [-0.2, -0.15) is 0 Å². The number of ether oxygens (including phenoxy) is 1. The van der Waals surface area contributed by atoms with Crippen LogP contribution in [0, 0.1) is 13.8 Å². The number of benzene rings is 2. The lowest BCUT2D eigenvalue weighted by Gasteiger charge is -2.19. The fourth-order valence-electron chi connectivity index (χ4n) is 2.86. The van der Waals surface area contributed by atoms with Crippen LogP contribution in [-0.4, -0.2) is 11.7 Å². The molecule has 3 rings (SSSR count). The van der Waals surface area contributed by atoms with Crippen LogP contribution in [0.25, 0.3) is 0 Å². The molecule has 1 atom stereocenters. The molecule has 0 radical (unpaired) electrons. The zero-order valence-corrected chi connectivity index (χ0v) is 12.7. The molecule has 2 aromatic rings. The summed E-state index contributed by atoms with van der Waals surface area (Å²) in [7, 11) is 0. The third-order valence-corrected chi connectivity index (χ3v) is 4.32. The number of fused-ring (bicyclic) bond motifs is 1. The summed E-state index contributed by atoms with van der Waals surface area (Å²) in [5.41, 5.74) is 5.95. The van der Waals surface area contributed by atoms with Gasteiger partial charge in [0, 0.05) is 6.42 Å². The molecule has 0 aliphatic carbocycles. The summed E-state index contributed by atoms with van der Waals surface area (Å²) in [6, 6.07) is 12.5. The third-order valence-electron chi connectivity index (χ3n) is 4.32. The number of aliphatic hydroxyl groups is 1. The van der Waals surface area contributed by atoms with E-state index in [0.717, 1.165) is 30.8 Å². The second-order valence-electron chi connectivity index (χ2n) is 5.96. The first kappa shape index (κ1) is 14.2. The van der Waals surface area contributed by atoms with Crippen molar-refractivity contribution in [1.29, 1.82) is 0 Å². The summed E-state index contributed by atoms with van der Waals surface area (Å²) in [5.74, 6) is 0.975. The summed E-state index contributed by atoms with van der Waals surface area (Å²) in [6.45, 7) is 5.03. The highest BCUT2D eigenvalue weighted by Crippen LogP contribution is 2.29. The van der Waals surface area contributed by atoms with E-state index >= 15 is 0 Å². The zero-order chi connectivity index (χ0) is 14.8. The van der Waals surface area contributed by atoms with Crippen LogP contribution in [0.3, 0.4) is 0 Å². The fourth-order valence-corrected chi connectivity index (χ4v) is 2.86. The first-order valence-corrected chi connectivity index (χ1v) is 7.63. The number of aliphatic hydroxyl groups excluding tert-OH is 1. The van der Waals surface area contributed by atoms with Gasteiger partial charge in [0.05, 0.1) is 12.7 Å². The maximum atomic E-state index is 10.5. The summed E-state index contributed by atoms with van der Waals surface area (Å²) in [6.07, 6.45) is 2.30. The zero-order valence-electron chi connectivity index (χ0n) is 12.7. The molecule has 1 aliphatic rings. The molecular weight excluding hydrogens is 260 g/mol. The summed E-state index contributed by atoms with van der Waals surface area (Å²) in [4.78, 5) is 0. The second-order valence-corrected chi connectivity index (χ2v) is 5.96. The van der Waals surface area contributed by atoms with Crippen LogP contribution in [0.5, 0.6) is 5.75 Å². The molecule has 1 heterocycles. The van der Waals surface area contributed by atoms with Crippen LogP contribution in [0.4, 0.5) is 0 Å². The molecule has 1 unspecified atom stereocenters. The van der Waals surface area contributed by atoms with E-state index in [1.807, 2.05) is 12.1 Å². The monoisotopic (exact) mass is 282 g/mol. The maximum Gasteiger partial charge on any atom is 0.122 e. The van der Waals surface area contributed by atoms with Crippen LogP contribution in [-0.2, 0) is 12.8 Å². The van der Waals surface area contributed by atoms with Crippen LogP contribution in [0.15, 0.2) is 36.4 Å². The molecule has 2 heteroatoms. The first-order valence-electron chi connectivity index (χ1n) is 7.63. The van der Waals surface area contributed by atoms with Crippen molar-refractivity contribution in [1.82, 2.24) is 0 Å². The minimum absolute atomic E-state index is 0.459. The molecule has 0 spiro atoms. The molecule has 110 valence electrons. The van der Waals surface area contributed by atoms with Gasteiger partial charge in [0.15, 0.2) is 0 Å². The Hall–Kier alpha value is -1.80. The number of hydrogen-bond donors (Lipinski definition) is 1. The van der Waals surface area contributed by atoms with Gasteiger partial charge in [-0.05, 0) is 66.6 Å². The Kier molecular flexibility index (Phi) is 3.98. The molecule has 1 N–H and O–H groups in total. The Morgan fingerprint density at radius 2 is 1.95 bits per heavy atom. The smallest absolute Gasteiger partial charge is 0.122 e. The molecule has 0 amide bonds. The molecule has 0 fully saturated rings. The average Bonchev–Trinajstić information content (AvgIpc) is 2.50. The van der Waals surface area contributed by atoms with Crippen molar-refractivity contribution in [2.75, 3.05) is 6.61 Å². The second kappa shape index (κ2) is 5.90. The fraction of sp³-hybridized carbons (Fsp3) is 0.368. The van der Waals surface area contributed by atoms with Crippen LogP contribution >= 0.6 is 0 Å². The van der Waals surface area contributed by atoms with E-state index in [1.54, 1.807) is 0 Å². The molecule has 1 aliphatic heterocycles. The summed E-state index contributed by atoms with van der Waals surface area (Å²) in [5, 5.41) is 10.5. The molecular formula is C19H22O2. The standard InChI is InChI=1S/C19H22O2/c1-13-5-6-15(10-14(13)2)11-18(20)16-7-8-19-17(12-16)4-3-9-21-19/h5-8,10,12,18,20H,3-4,9,11H2,1-2H3. The lowest BCUT2D eigenvalue weighted by Crippen LogP contribution is -2.10. The Morgan fingerprint density at radius 3 is 2.76 bits per heavy atom. The predicted octanol–water partition coefficient (Wildman–Crippen LogP) is 3.90. The van der Waals surface area contributed by atoms with Gasteiger partial charge in [0.1, 0.15) is 5.75 Å². The molecule has 2 aromatic carbocycles. The highest BCUT2D eigenvalue weighted by Gasteiger charge is 2.15. The Morgan fingerprint density at radius 1 is 1.10 bits per heavy atom. The van der Waals surface area contributed by atoms with Crippen LogP contribution in [0.1, 0.15) is 40.3 Å². The quantitative estimate of drug-likeness (QED) is 0.925. The van der Waals surface area contributed by atoms with E-state index < -0.39 is 6.10 Å². The van der Waals surface area contributed by atoms with Crippen molar-refractivity contribution in [3.05, 3.63) is 64.2 Å². The van der Waals surface area contributed by atoms with Crippen molar-refractivity contribution in [3.63, 3.8) is 0 Å².